The fourth-order valence-electron chi connectivity index (χ4n) is 1.79. The smallest absolute Gasteiger partial charge is 0.240 e. The van der Waals surface area contributed by atoms with Crippen LogP contribution in [0.4, 0.5) is 0 Å². The van der Waals surface area contributed by atoms with Crippen molar-refractivity contribution in [2.24, 2.45) is 5.41 Å². The van der Waals surface area contributed by atoms with Gasteiger partial charge in [-0.1, -0.05) is 20.8 Å². The first-order valence-electron chi connectivity index (χ1n) is 5.56. The molecule has 0 fully saturated rings. The average molecular weight is 239 g/mol. The Balaban J connectivity index is 3.20. The van der Waals surface area contributed by atoms with E-state index in [-0.39, 0.29) is 11.5 Å². The van der Waals surface area contributed by atoms with E-state index in [0.717, 1.165) is 5.69 Å². The molecule has 1 unspecified atom stereocenters. The van der Waals surface area contributed by atoms with E-state index < -0.39 is 0 Å². The van der Waals surface area contributed by atoms with Gasteiger partial charge in [0.15, 0.2) is 0 Å². The van der Waals surface area contributed by atoms with Gasteiger partial charge < -0.3 is 14.8 Å². The van der Waals surface area contributed by atoms with E-state index >= 15 is 0 Å². The standard InChI is InChI=1S/C12H21N3O2/c1-12(2,3)10(13-4)9-11(17-6)15-8(16-5)7-14-9/h7,10,13H,1-6H3. The molecule has 0 spiro atoms. The maximum Gasteiger partial charge on any atom is 0.240 e. The number of ether oxygens (including phenoxy) is 2. The summed E-state index contributed by atoms with van der Waals surface area (Å²) >= 11 is 0. The summed E-state index contributed by atoms with van der Waals surface area (Å²) in [6.07, 6.45) is 1.61. The molecule has 1 heterocycles. The first-order valence-corrected chi connectivity index (χ1v) is 5.56. The van der Waals surface area contributed by atoms with Gasteiger partial charge in [0.2, 0.25) is 11.8 Å². The molecule has 17 heavy (non-hydrogen) atoms. The highest BCUT2D eigenvalue weighted by Gasteiger charge is 2.29. The molecule has 5 heteroatoms. The van der Waals surface area contributed by atoms with Gasteiger partial charge in [-0.25, -0.2) is 4.98 Å². The van der Waals surface area contributed by atoms with Crippen LogP contribution in [0.5, 0.6) is 11.8 Å². The van der Waals surface area contributed by atoms with Gasteiger partial charge in [0.05, 0.1) is 26.5 Å². The van der Waals surface area contributed by atoms with Crippen LogP contribution in [0.1, 0.15) is 32.5 Å². The van der Waals surface area contributed by atoms with Crippen LogP contribution in [0.3, 0.4) is 0 Å². The molecule has 1 aromatic heterocycles. The van der Waals surface area contributed by atoms with Crippen LogP contribution in [0.2, 0.25) is 0 Å². The summed E-state index contributed by atoms with van der Waals surface area (Å²) in [5, 5.41) is 3.25. The van der Waals surface area contributed by atoms with Crippen molar-refractivity contribution >= 4 is 0 Å². The Kier molecular flexibility index (Phi) is 4.28. The van der Waals surface area contributed by atoms with Gasteiger partial charge >= 0.3 is 0 Å². The third-order valence-electron chi connectivity index (χ3n) is 2.58. The minimum absolute atomic E-state index is 0.0191. The maximum absolute atomic E-state index is 5.27. The van der Waals surface area contributed by atoms with E-state index in [1.165, 1.54) is 0 Å². The van der Waals surface area contributed by atoms with E-state index in [1.54, 1.807) is 20.4 Å². The second-order valence-corrected chi connectivity index (χ2v) is 4.89. The van der Waals surface area contributed by atoms with Gasteiger partial charge in [0, 0.05) is 0 Å². The Morgan fingerprint density at radius 2 is 1.88 bits per heavy atom. The number of methoxy groups -OCH3 is 2. The number of rotatable bonds is 4. The predicted molar refractivity (Wildman–Crippen MR) is 66.4 cm³/mol. The van der Waals surface area contributed by atoms with E-state index in [4.69, 9.17) is 9.47 Å². The first kappa shape index (κ1) is 13.7. The van der Waals surface area contributed by atoms with Gasteiger partial charge in [0.1, 0.15) is 5.69 Å². The summed E-state index contributed by atoms with van der Waals surface area (Å²) in [7, 11) is 5.05. The average Bonchev–Trinajstić information content (AvgIpc) is 2.28. The fraction of sp³-hybridized carbons (Fsp3) is 0.667. The van der Waals surface area contributed by atoms with Gasteiger partial charge in [0.25, 0.3) is 0 Å². The van der Waals surface area contributed by atoms with Crippen molar-refractivity contribution in [3.8, 4) is 11.8 Å². The first-order chi connectivity index (χ1) is 7.93. The van der Waals surface area contributed by atoms with Gasteiger partial charge in [-0.15, -0.1) is 0 Å². The molecular formula is C12H21N3O2. The molecule has 5 nitrogen and oxygen atoms in total. The number of nitrogens with one attached hydrogen (secondary N) is 1. The number of hydrogen-bond acceptors (Lipinski definition) is 5. The van der Waals surface area contributed by atoms with Crippen molar-refractivity contribution in [2.45, 2.75) is 26.8 Å². The summed E-state index contributed by atoms with van der Waals surface area (Å²) in [5.41, 5.74) is 0.814. The van der Waals surface area contributed by atoms with Gasteiger partial charge in [-0.3, -0.25) is 0 Å². The quantitative estimate of drug-likeness (QED) is 0.868. The van der Waals surface area contributed by atoms with E-state index in [9.17, 15) is 0 Å². The van der Waals surface area contributed by atoms with Gasteiger partial charge in [-0.05, 0) is 12.5 Å². The molecule has 0 aromatic carbocycles. The summed E-state index contributed by atoms with van der Waals surface area (Å²) in [6, 6.07) is 0.0656. The summed E-state index contributed by atoms with van der Waals surface area (Å²) in [6.45, 7) is 6.42. The highest BCUT2D eigenvalue weighted by atomic mass is 16.5. The summed E-state index contributed by atoms with van der Waals surface area (Å²) in [4.78, 5) is 8.63. The fourth-order valence-corrected chi connectivity index (χ4v) is 1.79. The molecule has 96 valence electrons. The molecular weight excluding hydrogens is 218 g/mol. The van der Waals surface area contributed by atoms with Crippen LogP contribution in [0, 0.1) is 5.41 Å². The van der Waals surface area contributed by atoms with Crippen molar-refractivity contribution in [3.63, 3.8) is 0 Å². The SMILES string of the molecule is CNC(c1ncc(OC)nc1OC)C(C)(C)C. The summed E-state index contributed by atoms with van der Waals surface area (Å²) < 4.78 is 10.3. The second kappa shape index (κ2) is 5.31. The van der Waals surface area contributed by atoms with E-state index in [2.05, 4.69) is 36.1 Å². The molecule has 0 aliphatic rings. The molecule has 1 atom stereocenters. The van der Waals surface area contributed by atoms with Crippen LogP contribution < -0.4 is 14.8 Å². The zero-order chi connectivity index (χ0) is 13.1. The minimum Gasteiger partial charge on any atom is -0.480 e. The predicted octanol–water partition coefficient (Wildman–Crippen LogP) is 1.80. The largest absolute Gasteiger partial charge is 0.480 e. The van der Waals surface area contributed by atoms with Crippen LogP contribution in [0.25, 0.3) is 0 Å². The van der Waals surface area contributed by atoms with Crippen LogP contribution in [-0.2, 0) is 0 Å². The Bertz CT molecular complexity index is 375. The van der Waals surface area contributed by atoms with Crippen LogP contribution in [-0.4, -0.2) is 31.2 Å². The van der Waals surface area contributed by atoms with Crippen molar-refractivity contribution in [1.29, 1.82) is 0 Å². The molecule has 0 amide bonds. The van der Waals surface area contributed by atoms with Crippen LogP contribution in [0.15, 0.2) is 6.20 Å². The monoisotopic (exact) mass is 239 g/mol. The molecule has 1 rings (SSSR count). The van der Waals surface area contributed by atoms with Gasteiger partial charge in [-0.2, -0.15) is 4.98 Å². The molecule has 0 radical (unpaired) electrons. The number of hydrogen-bond donors (Lipinski definition) is 1. The lowest BCUT2D eigenvalue weighted by Crippen LogP contribution is -2.31. The molecule has 1 aromatic rings. The molecule has 0 saturated carbocycles. The van der Waals surface area contributed by atoms with Crippen molar-refractivity contribution in [1.82, 2.24) is 15.3 Å². The molecule has 1 N–H and O–H groups in total. The second-order valence-electron chi connectivity index (χ2n) is 4.89. The Morgan fingerprint density at radius 3 is 2.29 bits per heavy atom. The van der Waals surface area contributed by atoms with Crippen LogP contribution >= 0.6 is 0 Å². The van der Waals surface area contributed by atoms with Crippen molar-refractivity contribution in [2.75, 3.05) is 21.3 Å². The highest BCUT2D eigenvalue weighted by molar-refractivity contribution is 5.26. The topological polar surface area (TPSA) is 56.3 Å². The molecule has 0 aliphatic carbocycles. The number of nitrogens with zero attached hydrogens (tertiary/aromatic N) is 2. The maximum atomic E-state index is 5.27. The Labute approximate surface area is 103 Å². The van der Waals surface area contributed by atoms with Crippen molar-refractivity contribution < 1.29 is 9.47 Å². The molecule has 0 aliphatic heterocycles. The molecule has 0 bridgehead atoms. The minimum atomic E-state index is 0.0191. The zero-order valence-corrected chi connectivity index (χ0v) is 11.4. The summed E-state index contributed by atoms with van der Waals surface area (Å²) in [5.74, 6) is 0.952. The molecule has 0 saturated heterocycles. The lowest BCUT2D eigenvalue weighted by molar-refractivity contribution is 0.266. The third kappa shape index (κ3) is 3.06. The normalized spacial score (nSPS) is 13.3. The van der Waals surface area contributed by atoms with Crippen molar-refractivity contribution in [3.05, 3.63) is 11.9 Å². The zero-order valence-electron chi connectivity index (χ0n) is 11.4. The third-order valence-corrected chi connectivity index (χ3v) is 2.58. The Hall–Kier alpha value is -1.36. The highest BCUT2D eigenvalue weighted by Crippen LogP contribution is 2.35. The lowest BCUT2D eigenvalue weighted by Gasteiger charge is -2.30. The lowest BCUT2D eigenvalue weighted by atomic mass is 9.85. The Morgan fingerprint density at radius 1 is 1.24 bits per heavy atom. The van der Waals surface area contributed by atoms with E-state index in [0.29, 0.717) is 11.8 Å². The van der Waals surface area contributed by atoms with E-state index in [1.807, 2.05) is 7.05 Å². The number of aromatic nitrogens is 2.